The summed E-state index contributed by atoms with van der Waals surface area (Å²) in [6.07, 6.45) is 3.79. The Morgan fingerprint density at radius 3 is 2.88 bits per heavy atom. The predicted octanol–water partition coefficient (Wildman–Crippen LogP) is 3.20. The van der Waals surface area contributed by atoms with E-state index < -0.39 is 0 Å². The second-order valence-electron chi connectivity index (χ2n) is 4.01. The van der Waals surface area contributed by atoms with Crippen LogP contribution in [0.1, 0.15) is 16.7 Å². The highest BCUT2D eigenvalue weighted by Crippen LogP contribution is 2.26. The van der Waals surface area contributed by atoms with Crippen LogP contribution in [-0.4, -0.2) is 9.78 Å². The quantitative estimate of drug-likeness (QED) is 0.810. The van der Waals surface area contributed by atoms with Crippen LogP contribution in [0.4, 0.5) is 0 Å². The SMILES string of the molecule is Cc1cccc(CBr)c1OCc1cnn(C)c1. The zero-order chi connectivity index (χ0) is 12.3. The molecule has 17 heavy (non-hydrogen) atoms. The molecule has 0 radical (unpaired) electrons. The lowest BCUT2D eigenvalue weighted by molar-refractivity contribution is 0.301. The molecule has 4 heteroatoms. The number of hydrogen-bond donors (Lipinski definition) is 0. The Balaban J connectivity index is 2.13. The van der Waals surface area contributed by atoms with Gasteiger partial charge in [-0.15, -0.1) is 0 Å². The van der Waals surface area contributed by atoms with Crippen molar-refractivity contribution in [2.24, 2.45) is 7.05 Å². The molecule has 0 aliphatic carbocycles. The van der Waals surface area contributed by atoms with Gasteiger partial charge in [0.05, 0.1) is 6.20 Å². The Hall–Kier alpha value is -1.29. The molecule has 90 valence electrons. The average Bonchev–Trinajstić information content (AvgIpc) is 2.73. The Bertz CT molecular complexity index is 508. The highest BCUT2D eigenvalue weighted by molar-refractivity contribution is 9.08. The highest BCUT2D eigenvalue weighted by Gasteiger charge is 2.06. The van der Waals surface area contributed by atoms with Crippen molar-refractivity contribution in [3.05, 3.63) is 47.3 Å². The molecule has 1 aromatic heterocycles. The van der Waals surface area contributed by atoms with Crippen LogP contribution in [0.2, 0.25) is 0 Å². The van der Waals surface area contributed by atoms with Crippen LogP contribution in [0.5, 0.6) is 5.75 Å². The fourth-order valence-corrected chi connectivity index (χ4v) is 2.17. The van der Waals surface area contributed by atoms with Gasteiger partial charge in [0.25, 0.3) is 0 Å². The molecule has 2 rings (SSSR count). The molecule has 3 nitrogen and oxygen atoms in total. The van der Waals surface area contributed by atoms with E-state index in [-0.39, 0.29) is 0 Å². The first-order valence-electron chi connectivity index (χ1n) is 5.45. The van der Waals surface area contributed by atoms with E-state index in [2.05, 4.69) is 40.1 Å². The molecule has 0 atom stereocenters. The first-order chi connectivity index (χ1) is 8.20. The third-order valence-corrected chi connectivity index (χ3v) is 3.18. The van der Waals surface area contributed by atoms with E-state index in [9.17, 15) is 0 Å². The summed E-state index contributed by atoms with van der Waals surface area (Å²) in [5.74, 6) is 0.966. The molecule has 0 aliphatic rings. The highest BCUT2D eigenvalue weighted by atomic mass is 79.9. The van der Waals surface area contributed by atoms with E-state index in [1.807, 2.05) is 25.5 Å². The zero-order valence-electron chi connectivity index (χ0n) is 9.98. The van der Waals surface area contributed by atoms with E-state index in [1.54, 1.807) is 4.68 Å². The number of halogens is 1. The minimum Gasteiger partial charge on any atom is -0.488 e. The molecular weight excluding hydrogens is 280 g/mol. The lowest BCUT2D eigenvalue weighted by Crippen LogP contribution is -1.99. The second-order valence-corrected chi connectivity index (χ2v) is 4.57. The molecule has 0 unspecified atom stereocenters. The van der Waals surface area contributed by atoms with E-state index in [1.165, 1.54) is 5.56 Å². The maximum absolute atomic E-state index is 5.87. The number of rotatable bonds is 4. The third kappa shape index (κ3) is 2.88. The Morgan fingerprint density at radius 1 is 1.41 bits per heavy atom. The van der Waals surface area contributed by atoms with Crippen LogP contribution < -0.4 is 4.74 Å². The summed E-state index contributed by atoms with van der Waals surface area (Å²) in [7, 11) is 1.90. The van der Waals surface area contributed by atoms with Crippen LogP contribution in [0.15, 0.2) is 30.6 Å². The normalized spacial score (nSPS) is 10.5. The summed E-state index contributed by atoms with van der Waals surface area (Å²) in [4.78, 5) is 0. The monoisotopic (exact) mass is 294 g/mol. The summed E-state index contributed by atoms with van der Waals surface area (Å²) in [5.41, 5.74) is 3.41. The first-order valence-corrected chi connectivity index (χ1v) is 6.57. The standard InChI is InChI=1S/C13H15BrN2O/c1-10-4-3-5-12(6-14)13(10)17-9-11-7-15-16(2)8-11/h3-5,7-8H,6,9H2,1-2H3. The average molecular weight is 295 g/mol. The summed E-state index contributed by atoms with van der Waals surface area (Å²) in [6, 6.07) is 6.17. The molecule has 0 saturated heterocycles. The Kier molecular flexibility index (Phi) is 3.84. The number of alkyl halides is 1. The third-order valence-electron chi connectivity index (χ3n) is 2.58. The molecular formula is C13H15BrN2O. The Morgan fingerprint density at radius 2 is 2.24 bits per heavy atom. The van der Waals surface area contributed by atoms with Crippen molar-refractivity contribution in [3.8, 4) is 5.75 Å². The topological polar surface area (TPSA) is 27.1 Å². The van der Waals surface area contributed by atoms with Crippen molar-refractivity contribution in [1.29, 1.82) is 0 Å². The predicted molar refractivity (Wildman–Crippen MR) is 71.4 cm³/mol. The molecule has 0 spiro atoms. The van der Waals surface area contributed by atoms with Crippen molar-refractivity contribution in [2.75, 3.05) is 0 Å². The minimum atomic E-state index is 0.554. The van der Waals surface area contributed by atoms with Crippen LogP contribution in [0, 0.1) is 6.92 Å². The second kappa shape index (κ2) is 5.36. The lowest BCUT2D eigenvalue weighted by Gasteiger charge is -2.11. The summed E-state index contributed by atoms with van der Waals surface area (Å²) in [6.45, 7) is 2.61. The van der Waals surface area contributed by atoms with Gasteiger partial charge in [-0.25, -0.2) is 0 Å². The maximum atomic E-state index is 5.87. The van der Waals surface area contributed by atoms with Crippen molar-refractivity contribution in [2.45, 2.75) is 18.9 Å². The molecule has 0 saturated carbocycles. The number of benzene rings is 1. The molecule has 1 heterocycles. The summed E-state index contributed by atoms with van der Waals surface area (Å²) in [5, 5.41) is 4.92. The molecule has 1 aromatic carbocycles. The van der Waals surface area contributed by atoms with Crippen LogP contribution in [0.25, 0.3) is 0 Å². The maximum Gasteiger partial charge on any atom is 0.126 e. The van der Waals surface area contributed by atoms with Gasteiger partial charge in [0.15, 0.2) is 0 Å². The zero-order valence-corrected chi connectivity index (χ0v) is 11.6. The van der Waals surface area contributed by atoms with Gasteiger partial charge in [-0.1, -0.05) is 34.1 Å². The van der Waals surface area contributed by atoms with Gasteiger partial charge in [0, 0.05) is 29.7 Å². The minimum absolute atomic E-state index is 0.554. The van der Waals surface area contributed by atoms with Crippen molar-refractivity contribution in [3.63, 3.8) is 0 Å². The molecule has 0 amide bonds. The lowest BCUT2D eigenvalue weighted by atomic mass is 10.1. The van der Waals surface area contributed by atoms with Gasteiger partial charge in [0.1, 0.15) is 12.4 Å². The summed E-state index contributed by atoms with van der Waals surface area (Å²) >= 11 is 3.48. The number of hydrogen-bond acceptors (Lipinski definition) is 2. The van der Waals surface area contributed by atoms with Gasteiger partial charge in [-0.05, 0) is 12.5 Å². The van der Waals surface area contributed by atoms with Gasteiger partial charge in [-0.2, -0.15) is 5.10 Å². The largest absolute Gasteiger partial charge is 0.488 e. The van der Waals surface area contributed by atoms with E-state index in [0.717, 1.165) is 22.2 Å². The van der Waals surface area contributed by atoms with Gasteiger partial charge in [-0.3, -0.25) is 4.68 Å². The fraction of sp³-hybridized carbons (Fsp3) is 0.308. The Labute approximate surface area is 110 Å². The van der Waals surface area contributed by atoms with E-state index >= 15 is 0 Å². The first kappa shape index (κ1) is 12.2. The summed E-state index contributed by atoms with van der Waals surface area (Å²) < 4.78 is 7.65. The molecule has 0 N–H and O–H groups in total. The number of aromatic nitrogens is 2. The fourth-order valence-electron chi connectivity index (χ4n) is 1.73. The van der Waals surface area contributed by atoms with Gasteiger partial charge in [0.2, 0.25) is 0 Å². The molecule has 0 bridgehead atoms. The van der Waals surface area contributed by atoms with Crippen molar-refractivity contribution in [1.82, 2.24) is 9.78 Å². The van der Waals surface area contributed by atoms with Gasteiger partial charge < -0.3 is 4.74 Å². The van der Waals surface area contributed by atoms with Crippen LogP contribution in [0.3, 0.4) is 0 Å². The van der Waals surface area contributed by atoms with Crippen molar-refractivity contribution < 1.29 is 4.74 Å². The van der Waals surface area contributed by atoms with E-state index in [0.29, 0.717) is 6.61 Å². The number of aryl methyl sites for hydroxylation is 2. The number of ether oxygens (including phenoxy) is 1. The number of para-hydroxylation sites is 1. The van der Waals surface area contributed by atoms with Crippen molar-refractivity contribution >= 4 is 15.9 Å². The van der Waals surface area contributed by atoms with Crippen LogP contribution >= 0.6 is 15.9 Å². The van der Waals surface area contributed by atoms with Gasteiger partial charge >= 0.3 is 0 Å². The molecule has 0 fully saturated rings. The van der Waals surface area contributed by atoms with E-state index in [4.69, 9.17) is 4.74 Å². The number of nitrogens with zero attached hydrogens (tertiary/aromatic N) is 2. The van der Waals surface area contributed by atoms with Crippen LogP contribution in [-0.2, 0) is 19.0 Å². The molecule has 2 aromatic rings. The smallest absolute Gasteiger partial charge is 0.126 e. The molecule has 0 aliphatic heterocycles.